The Morgan fingerprint density at radius 1 is 1.11 bits per heavy atom. The SMILES string of the molecule is C=N/C=C(\C=C(/C)c1ccc2[nH]nc(C(=O)Nc3ccc(N4CCCCC4)nc3)c2c1)CN1CCCC1. The minimum absolute atomic E-state index is 0.261. The van der Waals surface area contributed by atoms with Crippen LogP contribution in [0.25, 0.3) is 16.5 Å². The van der Waals surface area contributed by atoms with E-state index in [-0.39, 0.29) is 5.91 Å². The number of allylic oxidation sites excluding steroid dienone is 1. The lowest BCUT2D eigenvalue weighted by Gasteiger charge is -2.27. The summed E-state index contributed by atoms with van der Waals surface area (Å²) in [6.45, 7) is 10.9. The molecule has 0 bridgehead atoms. The summed E-state index contributed by atoms with van der Waals surface area (Å²) in [7, 11) is 0. The second-order valence-corrected chi connectivity index (χ2v) is 9.94. The summed E-state index contributed by atoms with van der Waals surface area (Å²) in [6.07, 6.45) is 11.9. The van der Waals surface area contributed by atoms with Crippen LogP contribution in [0.15, 0.2) is 59.4 Å². The van der Waals surface area contributed by atoms with Crippen LogP contribution in [0.5, 0.6) is 0 Å². The van der Waals surface area contributed by atoms with Crippen LogP contribution in [0.4, 0.5) is 11.5 Å². The minimum atomic E-state index is -0.261. The Morgan fingerprint density at radius 2 is 1.89 bits per heavy atom. The molecule has 8 nitrogen and oxygen atoms in total. The van der Waals surface area contributed by atoms with Crippen LogP contribution in [0.3, 0.4) is 0 Å². The molecule has 192 valence electrons. The minimum Gasteiger partial charge on any atom is -0.357 e. The molecule has 1 aromatic carbocycles. The molecule has 2 aliphatic rings. The highest BCUT2D eigenvalue weighted by molar-refractivity contribution is 6.11. The van der Waals surface area contributed by atoms with E-state index in [0.717, 1.165) is 66.2 Å². The molecule has 0 spiro atoms. The Morgan fingerprint density at radius 3 is 2.62 bits per heavy atom. The van der Waals surface area contributed by atoms with Crippen molar-refractivity contribution in [1.82, 2.24) is 20.1 Å². The third-order valence-corrected chi connectivity index (χ3v) is 7.18. The fourth-order valence-electron chi connectivity index (χ4n) is 5.19. The van der Waals surface area contributed by atoms with Gasteiger partial charge in [-0.3, -0.25) is 19.8 Å². The normalized spacial score (nSPS) is 17.4. The van der Waals surface area contributed by atoms with Crippen LogP contribution >= 0.6 is 0 Å². The van der Waals surface area contributed by atoms with Gasteiger partial charge < -0.3 is 10.2 Å². The van der Waals surface area contributed by atoms with Gasteiger partial charge in [0.15, 0.2) is 5.69 Å². The van der Waals surface area contributed by atoms with Crippen molar-refractivity contribution in [3.8, 4) is 0 Å². The monoisotopic (exact) mass is 497 g/mol. The van der Waals surface area contributed by atoms with E-state index in [2.05, 4.69) is 55.0 Å². The van der Waals surface area contributed by atoms with E-state index in [1.807, 2.05) is 36.5 Å². The lowest BCUT2D eigenvalue weighted by molar-refractivity contribution is 0.102. The Labute approximate surface area is 218 Å². The predicted octanol–water partition coefficient (Wildman–Crippen LogP) is 5.28. The van der Waals surface area contributed by atoms with E-state index in [4.69, 9.17) is 0 Å². The molecule has 3 aromatic rings. The summed E-state index contributed by atoms with van der Waals surface area (Å²) < 4.78 is 0. The third-order valence-electron chi connectivity index (χ3n) is 7.18. The highest BCUT2D eigenvalue weighted by atomic mass is 16.1. The fourth-order valence-corrected chi connectivity index (χ4v) is 5.19. The summed E-state index contributed by atoms with van der Waals surface area (Å²) >= 11 is 0. The molecule has 0 aliphatic carbocycles. The molecule has 2 aliphatic heterocycles. The Bertz CT molecular complexity index is 1310. The van der Waals surface area contributed by atoms with Gasteiger partial charge >= 0.3 is 0 Å². The zero-order valence-corrected chi connectivity index (χ0v) is 21.5. The highest BCUT2D eigenvalue weighted by Gasteiger charge is 2.17. The fraction of sp³-hybridized carbons (Fsp3) is 0.379. The quantitative estimate of drug-likeness (QED) is 0.326. The summed E-state index contributed by atoms with van der Waals surface area (Å²) in [4.78, 5) is 26.5. The Balaban J connectivity index is 1.32. The number of piperidine rings is 1. The van der Waals surface area contributed by atoms with Crippen molar-refractivity contribution in [2.45, 2.75) is 39.0 Å². The number of aromatic nitrogens is 3. The van der Waals surface area contributed by atoms with Gasteiger partial charge in [0, 0.05) is 31.2 Å². The summed E-state index contributed by atoms with van der Waals surface area (Å²) in [6, 6.07) is 9.92. The number of H-pyrrole nitrogens is 1. The molecule has 8 heteroatoms. The number of nitrogens with zero attached hydrogens (tertiary/aromatic N) is 5. The lowest BCUT2D eigenvalue weighted by atomic mass is 10.0. The maximum Gasteiger partial charge on any atom is 0.276 e. The summed E-state index contributed by atoms with van der Waals surface area (Å²) in [5, 5.41) is 11.0. The van der Waals surface area contributed by atoms with Gasteiger partial charge in [-0.15, -0.1) is 0 Å². The number of aromatic amines is 1. The van der Waals surface area contributed by atoms with E-state index in [1.54, 1.807) is 6.20 Å². The Hall–Kier alpha value is -3.78. The molecule has 2 N–H and O–H groups in total. The number of carbonyl (C=O) groups is 1. The van der Waals surface area contributed by atoms with E-state index in [1.165, 1.54) is 32.1 Å². The molecule has 0 atom stereocenters. The zero-order valence-electron chi connectivity index (χ0n) is 21.5. The average molecular weight is 498 g/mol. The maximum atomic E-state index is 13.1. The first-order valence-corrected chi connectivity index (χ1v) is 13.2. The first-order valence-electron chi connectivity index (χ1n) is 13.2. The molecule has 2 saturated heterocycles. The van der Waals surface area contributed by atoms with Crippen molar-refractivity contribution in [3.63, 3.8) is 0 Å². The van der Waals surface area contributed by atoms with Crippen LogP contribution in [0.1, 0.15) is 55.1 Å². The number of benzene rings is 1. The third kappa shape index (κ3) is 5.97. The molecule has 1 amide bonds. The van der Waals surface area contributed by atoms with Crippen LogP contribution < -0.4 is 10.2 Å². The first-order chi connectivity index (χ1) is 18.1. The molecule has 4 heterocycles. The van der Waals surface area contributed by atoms with Crippen molar-refractivity contribution in [2.75, 3.05) is 42.9 Å². The number of hydrogen-bond donors (Lipinski definition) is 2. The molecule has 5 rings (SSSR count). The van der Waals surface area contributed by atoms with E-state index < -0.39 is 0 Å². The van der Waals surface area contributed by atoms with E-state index in [0.29, 0.717) is 11.4 Å². The number of nitrogens with one attached hydrogen (secondary N) is 2. The molecule has 2 fully saturated rings. The number of aliphatic imine (C=N–C) groups is 1. The van der Waals surface area contributed by atoms with Gasteiger partial charge in [-0.05, 0) is 99.8 Å². The van der Waals surface area contributed by atoms with Gasteiger partial charge in [0.2, 0.25) is 0 Å². The van der Waals surface area contributed by atoms with Crippen LogP contribution in [0.2, 0.25) is 0 Å². The number of rotatable bonds is 8. The molecule has 0 unspecified atom stereocenters. The smallest absolute Gasteiger partial charge is 0.276 e. The van der Waals surface area contributed by atoms with Gasteiger partial charge in [0.25, 0.3) is 5.91 Å². The van der Waals surface area contributed by atoms with Gasteiger partial charge in [0.1, 0.15) is 5.82 Å². The van der Waals surface area contributed by atoms with Gasteiger partial charge in [-0.25, -0.2) is 4.98 Å². The highest BCUT2D eigenvalue weighted by Crippen LogP contribution is 2.25. The van der Waals surface area contributed by atoms with Crippen molar-refractivity contribution in [1.29, 1.82) is 0 Å². The lowest BCUT2D eigenvalue weighted by Crippen LogP contribution is -2.30. The van der Waals surface area contributed by atoms with Crippen LogP contribution in [-0.2, 0) is 0 Å². The number of pyridine rings is 1. The molecular weight excluding hydrogens is 462 g/mol. The van der Waals surface area contributed by atoms with Gasteiger partial charge in [-0.1, -0.05) is 12.1 Å². The Kier molecular flexibility index (Phi) is 7.75. The maximum absolute atomic E-state index is 13.1. The van der Waals surface area contributed by atoms with Gasteiger partial charge in [0.05, 0.1) is 17.4 Å². The van der Waals surface area contributed by atoms with E-state index >= 15 is 0 Å². The zero-order chi connectivity index (χ0) is 25.6. The molecular formula is C29H35N7O. The van der Waals surface area contributed by atoms with Gasteiger partial charge in [-0.2, -0.15) is 5.10 Å². The van der Waals surface area contributed by atoms with Crippen LogP contribution in [-0.4, -0.2) is 65.4 Å². The number of amides is 1. The average Bonchev–Trinajstić information content (AvgIpc) is 3.59. The van der Waals surface area contributed by atoms with Crippen LogP contribution in [0, 0.1) is 0 Å². The number of carbonyl (C=O) groups excluding carboxylic acids is 1. The molecule has 2 aromatic heterocycles. The second-order valence-electron chi connectivity index (χ2n) is 9.94. The van der Waals surface area contributed by atoms with E-state index in [9.17, 15) is 4.79 Å². The number of likely N-dealkylation sites (tertiary alicyclic amines) is 1. The predicted molar refractivity (Wildman–Crippen MR) is 151 cm³/mol. The molecule has 0 radical (unpaired) electrons. The van der Waals surface area contributed by atoms with Crippen molar-refractivity contribution < 1.29 is 4.79 Å². The summed E-state index contributed by atoms with van der Waals surface area (Å²) in [5.74, 6) is 0.697. The van der Waals surface area contributed by atoms with Crippen molar-refractivity contribution in [3.05, 3.63) is 65.6 Å². The number of hydrogen-bond acceptors (Lipinski definition) is 6. The topological polar surface area (TPSA) is 89.5 Å². The number of fused-ring (bicyclic) bond motifs is 1. The number of anilines is 2. The second kappa shape index (κ2) is 11.5. The van der Waals surface area contributed by atoms with Crippen molar-refractivity contribution >= 4 is 40.6 Å². The summed E-state index contributed by atoms with van der Waals surface area (Å²) in [5.41, 5.74) is 5.10. The first kappa shape index (κ1) is 24.9. The van der Waals surface area contributed by atoms with Crippen molar-refractivity contribution in [2.24, 2.45) is 4.99 Å². The molecule has 37 heavy (non-hydrogen) atoms. The molecule has 0 saturated carbocycles. The standard InChI is InChI=1S/C29H35N7O/c1-21(16-22(18-30-2)20-35-12-6-7-13-35)23-8-10-26-25(17-23)28(34-33-26)29(37)32-24-9-11-27(31-19-24)36-14-4-3-5-15-36/h8-11,16-19H,2-7,12-15,20H2,1H3,(H,32,37)(H,33,34)/b21-16+,22-18+. The largest absolute Gasteiger partial charge is 0.357 e.